The molecular formula is C31H46N6O4. The van der Waals surface area contributed by atoms with Gasteiger partial charge in [-0.25, -0.2) is 0 Å². The van der Waals surface area contributed by atoms with Crippen molar-refractivity contribution in [3.63, 3.8) is 0 Å². The molecule has 10 nitrogen and oxygen atoms in total. The van der Waals surface area contributed by atoms with Crippen molar-refractivity contribution in [2.45, 2.75) is 82.5 Å². The van der Waals surface area contributed by atoms with Crippen LogP contribution in [0.4, 0.5) is 5.69 Å². The van der Waals surface area contributed by atoms with E-state index in [0.717, 1.165) is 51.1 Å². The lowest BCUT2D eigenvalue weighted by molar-refractivity contribution is -0.140. The van der Waals surface area contributed by atoms with Crippen LogP contribution in [0, 0.1) is 5.92 Å². The summed E-state index contributed by atoms with van der Waals surface area (Å²) < 4.78 is 0. The molecule has 3 heterocycles. The molecule has 1 aromatic rings. The van der Waals surface area contributed by atoms with Gasteiger partial charge >= 0.3 is 0 Å². The third kappa shape index (κ3) is 6.14. The van der Waals surface area contributed by atoms with Crippen molar-refractivity contribution in [2.24, 2.45) is 11.7 Å². The number of nitrogens with zero attached hydrogens (tertiary/aromatic N) is 4. The first-order valence-electron chi connectivity index (χ1n) is 15.3. The Morgan fingerprint density at radius 3 is 2.27 bits per heavy atom. The molecule has 4 aliphatic rings. The van der Waals surface area contributed by atoms with Crippen LogP contribution in [0.25, 0.3) is 0 Å². The van der Waals surface area contributed by atoms with Crippen LogP contribution in [0.2, 0.25) is 0 Å². The Morgan fingerprint density at radius 1 is 0.976 bits per heavy atom. The summed E-state index contributed by atoms with van der Waals surface area (Å²) >= 11 is 0. The zero-order valence-electron chi connectivity index (χ0n) is 24.8. The standard InChI is InChI=1S/C31H46N6O4/c1-21(2)19-24(33-28(39)22-7-9-23(10-8-22)35-17-15-34(3)16-18-35)29(40)36-14-11-25-27(36)26(38)20-37(25)30(41)31(32)12-5-4-6-13-31/h7-10,21,24-25,27H,4-6,11-20,32H2,1-3H3,(H,33,39). The summed E-state index contributed by atoms with van der Waals surface area (Å²) in [7, 11) is 2.12. The lowest BCUT2D eigenvalue weighted by atomic mass is 9.81. The minimum Gasteiger partial charge on any atom is -0.369 e. The number of piperazine rings is 1. The number of likely N-dealkylation sites (tertiary alicyclic amines) is 2. The number of rotatable bonds is 7. The first-order valence-corrected chi connectivity index (χ1v) is 15.3. The van der Waals surface area contributed by atoms with E-state index in [0.29, 0.717) is 37.8 Å². The van der Waals surface area contributed by atoms with Gasteiger partial charge in [0.05, 0.1) is 18.1 Å². The number of ketones is 1. The number of anilines is 1. The van der Waals surface area contributed by atoms with Crippen molar-refractivity contribution in [1.82, 2.24) is 20.0 Å². The average molecular weight is 567 g/mol. The summed E-state index contributed by atoms with van der Waals surface area (Å²) in [4.78, 5) is 61.7. The van der Waals surface area contributed by atoms with E-state index >= 15 is 0 Å². The SMILES string of the molecule is CC(C)CC(NC(=O)c1ccc(N2CCN(C)CC2)cc1)C(=O)N1CCC2C1C(=O)CN2C(=O)C1(N)CCCCC1. The maximum atomic E-state index is 13.9. The van der Waals surface area contributed by atoms with Gasteiger partial charge in [0.25, 0.3) is 5.91 Å². The molecule has 3 N–H and O–H groups in total. The minimum absolute atomic E-state index is 0.00223. The second-order valence-electron chi connectivity index (χ2n) is 12.9. The van der Waals surface area contributed by atoms with Crippen molar-refractivity contribution in [1.29, 1.82) is 0 Å². The maximum absolute atomic E-state index is 13.9. The monoisotopic (exact) mass is 566 g/mol. The molecule has 41 heavy (non-hydrogen) atoms. The number of benzene rings is 1. The van der Waals surface area contributed by atoms with Crippen molar-refractivity contribution < 1.29 is 19.2 Å². The molecule has 1 aliphatic carbocycles. The van der Waals surface area contributed by atoms with Gasteiger partial charge in [0.2, 0.25) is 11.8 Å². The highest BCUT2D eigenvalue weighted by molar-refractivity contribution is 6.01. The number of fused-ring (bicyclic) bond motifs is 1. The molecule has 0 spiro atoms. The van der Waals surface area contributed by atoms with Crippen LogP contribution < -0.4 is 16.0 Å². The number of nitrogens with one attached hydrogen (secondary N) is 1. The van der Waals surface area contributed by atoms with Gasteiger partial charge in [-0.1, -0.05) is 33.1 Å². The molecule has 3 saturated heterocycles. The number of likely N-dealkylation sites (N-methyl/N-ethyl adjacent to an activating group) is 1. The fraction of sp³-hybridized carbons (Fsp3) is 0.677. The van der Waals surface area contributed by atoms with Crippen molar-refractivity contribution in [3.05, 3.63) is 29.8 Å². The van der Waals surface area contributed by atoms with Crippen molar-refractivity contribution >= 4 is 29.2 Å². The van der Waals surface area contributed by atoms with Gasteiger partial charge in [-0.3, -0.25) is 19.2 Å². The molecule has 0 bridgehead atoms. The van der Waals surface area contributed by atoms with E-state index in [1.807, 2.05) is 38.1 Å². The molecule has 1 aromatic carbocycles. The number of amides is 3. The summed E-state index contributed by atoms with van der Waals surface area (Å²) in [5.41, 5.74) is 7.20. The van der Waals surface area contributed by atoms with Gasteiger partial charge in [0.15, 0.2) is 5.78 Å². The second-order valence-corrected chi connectivity index (χ2v) is 12.9. The molecule has 5 rings (SSSR count). The fourth-order valence-electron chi connectivity index (χ4n) is 7.04. The Balaban J connectivity index is 1.26. The van der Waals surface area contributed by atoms with E-state index in [4.69, 9.17) is 5.73 Å². The van der Waals surface area contributed by atoms with E-state index in [1.54, 1.807) is 9.80 Å². The Labute approximate surface area is 243 Å². The predicted octanol–water partition coefficient (Wildman–Crippen LogP) is 1.63. The number of hydrogen-bond donors (Lipinski definition) is 2. The number of Topliss-reactive ketones (excluding diaryl/α,β-unsaturated/α-hetero) is 1. The summed E-state index contributed by atoms with van der Waals surface area (Å²) in [6.07, 6.45) is 5.17. The smallest absolute Gasteiger partial charge is 0.251 e. The largest absolute Gasteiger partial charge is 0.369 e. The Morgan fingerprint density at radius 2 is 1.63 bits per heavy atom. The van der Waals surface area contributed by atoms with Crippen LogP contribution in [0.1, 0.15) is 69.2 Å². The van der Waals surface area contributed by atoms with E-state index in [2.05, 4.69) is 22.2 Å². The first kappa shape index (κ1) is 29.5. The van der Waals surface area contributed by atoms with E-state index in [9.17, 15) is 19.2 Å². The molecule has 1 saturated carbocycles. The van der Waals surface area contributed by atoms with Crippen molar-refractivity contribution in [3.8, 4) is 0 Å². The summed E-state index contributed by atoms with van der Waals surface area (Å²) in [5.74, 6) is -0.678. The molecule has 224 valence electrons. The predicted molar refractivity (Wildman–Crippen MR) is 157 cm³/mol. The Kier molecular flexibility index (Phi) is 8.70. The normalized spacial score (nSPS) is 25.4. The van der Waals surface area contributed by atoms with Crippen LogP contribution in [0.5, 0.6) is 0 Å². The first-order chi connectivity index (χ1) is 19.6. The lowest BCUT2D eigenvalue weighted by Crippen LogP contribution is -2.58. The van der Waals surface area contributed by atoms with E-state index in [1.165, 1.54) is 0 Å². The highest BCUT2D eigenvalue weighted by Gasteiger charge is 2.54. The number of carbonyl (C=O) groups excluding carboxylic acids is 4. The molecule has 10 heteroatoms. The van der Waals surface area contributed by atoms with Gasteiger partial charge in [0.1, 0.15) is 12.1 Å². The van der Waals surface area contributed by atoms with Crippen LogP contribution in [0.15, 0.2) is 24.3 Å². The summed E-state index contributed by atoms with van der Waals surface area (Å²) in [6, 6.07) is 5.77. The highest BCUT2D eigenvalue weighted by Crippen LogP contribution is 2.35. The average Bonchev–Trinajstić information content (AvgIpc) is 3.54. The number of hydrogen-bond acceptors (Lipinski definition) is 7. The number of carbonyl (C=O) groups is 4. The zero-order chi connectivity index (χ0) is 29.3. The second kappa shape index (κ2) is 12.1. The van der Waals surface area contributed by atoms with Gasteiger partial charge in [-0.15, -0.1) is 0 Å². The van der Waals surface area contributed by atoms with Gasteiger partial charge < -0.3 is 30.7 Å². The molecule has 0 aromatic heterocycles. The minimum atomic E-state index is -0.918. The van der Waals surface area contributed by atoms with Gasteiger partial charge in [-0.05, 0) is 62.9 Å². The topological polar surface area (TPSA) is 119 Å². The Bertz CT molecular complexity index is 1140. The van der Waals surface area contributed by atoms with Crippen LogP contribution in [-0.2, 0) is 14.4 Å². The molecule has 0 radical (unpaired) electrons. The van der Waals surface area contributed by atoms with Gasteiger partial charge in [-0.2, -0.15) is 0 Å². The van der Waals surface area contributed by atoms with Gasteiger partial charge in [0, 0.05) is 44.0 Å². The Hall–Kier alpha value is -2.98. The molecule has 3 unspecified atom stereocenters. The van der Waals surface area contributed by atoms with Crippen LogP contribution in [0.3, 0.4) is 0 Å². The molecule has 3 aliphatic heterocycles. The van der Waals surface area contributed by atoms with E-state index < -0.39 is 17.6 Å². The quantitative estimate of drug-likeness (QED) is 0.515. The zero-order valence-corrected chi connectivity index (χ0v) is 24.8. The van der Waals surface area contributed by atoms with Crippen molar-refractivity contribution in [2.75, 3.05) is 51.2 Å². The molecule has 3 atom stereocenters. The molecule has 4 fully saturated rings. The van der Waals surface area contributed by atoms with Crippen LogP contribution >= 0.6 is 0 Å². The lowest BCUT2D eigenvalue weighted by Gasteiger charge is -2.37. The third-order valence-electron chi connectivity index (χ3n) is 9.45. The molecule has 3 amide bonds. The maximum Gasteiger partial charge on any atom is 0.251 e. The highest BCUT2D eigenvalue weighted by atomic mass is 16.2. The van der Waals surface area contributed by atoms with Crippen LogP contribution in [-0.4, -0.2) is 108 Å². The summed E-state index contributed by atoms with van der Waals surface area (Å²) in [6.45, 7) is 8.29. The third-order valence-corrected chi connectivity index (χ3v) is 9.45. The number of nitrogens with two attached hydrogens (primary N) is 1. The fourth-order valence-corrected chi connectivity index (χ4v) is 7.04. The molecular weight excluding hydrogens is 520 g/mol. The van der Waals surface area contributed by atoms with E-state index in [-0.39, 0.29) is 42.0 Å². The summed E-state index contributed by atoms with van der Waals surface area (Å²) in [5, 5.41) is 2.97.